The zero-order chi connectivity index (χ0) is 17.9. The van der Waals surface area contributed by atoms with Gasteiger partial charge in [0, 0.05) is 5.39 Å². The smallest absolute Gasteiger partial charge is 0.262 e. The van der Waals surface area contributed by atoms with Gasteiger partial charge in [-0.3, -0.25) is 14.5 Å². The van der Waals surface area contributed by atoms with Crippen molar-refractivity contribution in [1.82, 2.24) is 4.90 Å². The van der Waals surface area contributed by atoms with Gasteiger partial charge in [0.25, 0.3) is 11.8 Å². The highest BCUT2D eigenvalue weighted by atomic mass is 16.5. The molecule has 4 heteroatoms. The molecule has 3 aromatic rings. The van der Waals surface area contributed by atoms with Crippen LogP contribution in [0.25, 0.3) is 10.8 Å². The second-order valence-electron chi connectivity index (χ2n) is 5.86. The average Bonchev–Trinajstić information content (AvgIpc) is 2.93. The summed E-state index contributed by atoms with van der Waals surface area (Å²) in [5, 5.41) is 2.13. The summed E-state index contributed by atoms with van der Waals surface area (Å²) in [4.78, 5) is 25.7. The number of carbonyl (C=O) groups excluding carboxylic acids is 2. The van der Waals surface area contributed by atoms with Crippen LogP contribution in [0.1, 0.15) is 20.7 Å². The third kappa shape index (κ3) is 2.80. The fourth-order valence-electron chi connectivity index (χ4n) is 3.00. The first-order valence-electron chi connectivity index (χ1n) is 8.27. The first-order chi connectivity index (χ1) is 12.8. The Bertz CT molecular complexity index is 1030. The van der Waals surface area contributed by atoms with Gasteiger partial charge in [-0.2, -0.15) is 0 Å². The SMILES string of the molecule is O=C1c2ccccc2C(=O)N1CC#CCOc1cccc2ccccc12. The third-order valence-corrected chi connectivity index (χ3v) is 4.29. The molecule has 0 radical (unpaired) electrons. The molecule has 4 rings (SSSR count). The van der Waals surface area contributed by atoms with Gasteiger partial charge in [-0.15, -0.1) is 0 Å². The lowest BCUT2D eigenvalue weighted by Crippen LogP contribution is -2.30. The van der Waals surface area contributed by atoms with Gasteiger partial charge in [0.1, 0.15) is 12.4 Å². The molecule has 3 aromatic carbocycles. The van der Waals surface area contributed by atoms with Crippen LogP contribution in [-0.2, 0) is 0 Å². The summed E-state index contributed by atoms with van der Waals surface area (Å²) in [5.41, 5.74) is 0.873. The maximum absolute atomic E-state index is 12.2. The van der Waals surface area contributed by atoms with E-state index in [-0.39, 0.29) is 25.0 Å². The number of carbonyl (C=O) groups is 2. The van der Waals surface area contributed by atoms with Crippen LogP contribution in [0, 0.1) is 11.8 Å². The lowest BCUT2D eigenvalue weighted by atomic mass is 10.1. The Kier molecular flexibility index (Phi) is 4.12. The zero-order valence-corrected chi connectivity index (χ0v) is 13.9. The van der Waals surface area contributed by atoms with E-state index in [1.165, 1.54) is 0 Å². The minimum Gasteiger partial charge on any atom is -0.480 e. The Labute approximate surface area is 151 Å². The van der Waals surface area contributed by atoms with Gasteiger partial charge in [0.2, 0.25) is 0 Å². The second kappa shape index (κ2) is 6.73. The van der Waals surface area contributed by atoms with Crippen LogP contribution in [0.3, 0.4) is 0 Å². The van der Waals surface area contributed by atoms with Crippen molar-refractivity contribution in [2.45, 2.75) is 0 Å². The molecular weight excluding hydrogens is 326 g/mol. The van der Waals surface area contributed by atoms with E-state index in [1.807, 2.05) is 42.5 Å². The summed E-state index contributed by atoms with van der Waals surface area (Å²) in [6.07, 6.45) is 0. The van der Waals surface area contributed by atoms with Crippen molar-refractivity contribution in [1.29, 1.82) is 0 Å². The molecule has 0 saturated carbocycles. The zero-order valence-electron chi connectivity index (χ0n) is 13.9. The van der Waals surface area contributed by atoms with Crippen molar-refractivity contribution < 1.29 is 14.3 Å². The summed E-state index contributed by atoms with van der Waals surface area (Å²) in [7, 11) is 0. The van der Waals surface area contributed by atoms with Crippen molar-refractivity contribution in [2.75, 3.05) is 13.2 Å². The minimum atomic E-state index is -0.296. The van der Waals surface area contributed by atoms with Gasteiger partial charge in [-0.25, -0.2) is 0 Å². The van der Waals surface area contributed by atoms with Gasteiger partial charge < -0.3 is 4.74 Å². The molecular formula is C22H15NO3. The Morgan fingerprint density at radius 3 is 2.19 bits per heavy atom. The molecule has 1 aliphatic rings. The fourth-order valence-corrected chi connectivity index (χ4v) is 3.00. The maximum Gasteiger partial charge on any atom is 0.262 e. The molecule has 0 fully saturated rings. The van der Waals surface area contributed by atoms with E-state index in [0.29, 0.717) is 11.1 Å². The molecule has 0 spiro atoms. The number of benzene rings is 3. The Morgan fingerprint density at radius 2 is 1.42 bits per heavy atom. The molecule has 0 bridgehead atoms. The number of amides is 2. The van der Waals surface area contributed by atoms with Crippen molar-refractivity contribution in [3.8, 4) is 17.6 Å². The largest absolute Gasteiger partial charge is 0.480 e. The molecule has 0 unspecified atom stereocenters. The van der Waals surface area contributed by atoms with Crippen LogP contribution in [0.4, 0.5) is 0 Å². The maximum atomic E-state index is 12.2. The second-order valence-corrected chi connectivity index (χ2v) is 5.86. The van der Waals surface area contributed by atoms with Crippen molar-refractivity contribution >= 4 is 22.6 Å². The summed E-state index contributed by atoms with van der Waals surface area (Å²) >= 11 is 0. The number of rotatable bonds is 3. The highest BCUT2D eigenvalue weighted by Crippen LogP contribution is 2.25. The monoisotopic (exact) mass is 341 g/mol. The summed E-state index contributed by atoms with van der Waals surface area (Å²) < 4.78 is 5.74. The van der Waals surface area contributed by atoms with Crippen LogP contribution in [0.5, 0.6) is 5.75 Å². The van der Waals surface area contributed by atoms with Gasteiger partial charge in [-0.1, -0.05) is 60.4 Å². The molecule has 26 heavy (non-hydrogen) atoms. The quantitative estimate of drug-likeness (QED) is 0.541. The minimum absolute atomic E-state index is 0.0608. The van der Waals surface area contributed by atoms with Crippen molar-refractivity contribution in [2.24, 2.45) is 0 Å². The molecule has 0 aromatic heterocycles. The molecule has 0 saturated heterocycles. The molecule has 1 aliphatic heterocycles. The molecule has 126 valence electrons. The highest BCUT2D eigenvalue weighted by molar-refractivity contribution is 6.21. The third-order valence-electron chi connectivity index (χ3n) is 4.29. The number of hydrogen-bond donors (Lipinski definition) is 0. The van der Waals surface area contributed by atoms with E-state index in [2.05, 4.69) is 11.8 Å². The molecule has 2 amide bonds. The average molecular weight is 341 g/mol. The van der Waals surface area contributed by atoms with Gasteiger partial charge in [0.15, 0.2) is 0 Å². The normalized spacial score (nSPS) is 12.7. The predicted octanol–water partition coefficient (Wildman–Crippen LogP) is 3.52. The lowest BCUT2D eigenvalue weighted by molar-refractivity contribution is 0.0675. The summed E-state index contributed by atoms with van der Waals surface area (Å²) in [6, 6.07) is 20.6. The van der Waals surface area contributed by atoms with E-state index in [4.69, 9.17) is 4.74 Å². The Hall–Kier alpha value is -3.58. The van der Waals surface area contributed by atoms with E-state index >= 15 is 0 Å². The molecule has 4 nitrogen and oxygen atoms in total. The van der Waals surface area contributed by atoms with E-state index in [0.717, 1.165) is 21.4 Å². The van der Waals surface area contributed by atoms with Crippen LogP contribution < -0.4 is 4.74 Å². The van der Waals surface area contributed by atoms with Crippen molar-refractivity contribution in [3.63, 3.8) is 0 Å². The van der Waals surface area contributed by atoms with Crippen LogP contribution in [0.15, 0.2) is 66.7 Å². The number of imide groups is 1. The van der Waals surface area contributed by atoms with Gasteiger partial charge >= 0.3 is 0 Å². The molecule has 1 heterocycles. The van der Waals surface area contributed by atoms with Gasteiger partial charge in [-0.05, 0) is 23.6 Å². The van der Waals surface area contributed by atoms with Gasteiger partial charge in [0.05, 0.1) is 17.7 Å². The number of nitrogens with zero attached hydrogens (tertiary/aromatic N) is 1. The first-order valence-corrected chi connectivity index (χ1v) is 8.27. The first kappa shape index (κ1) is 15.9. The molecule has 0 aliphatic carbocycles. The van der Waals surface area contributed by atoms with Crippen LogP contribution >= 0.6 is 0 Å². The van der Waals surface area contributed by atoms with E-state index in [9.17, 15) is 9.59 Å². The van der Waals surface area contributed by atoms with Crippen molar-refractivity contribution in [3.05, 3.63) is 77.9 Å². The molecule has 0 N–H and O–H groups in total. The van der Waals surface area contributed by atoms with E-state index in [1.54, 1.807) is 24.3 Å². The topological polar surface area (TPSA) is 46.6 Å². The van der Waals surface area contributed by atoms with E-state index < -0.39 is 0 Å². The highest BCUT2D eigenvalue weighted by Gasteiger charge is 2.34. The standard InChI is InChI=1S/C22H15NO3/c24-21-18-11-3-4-12-19(18)22(25)23(21)14-5-6-15-26-20-13-7-9-16-8-1-2-10-17(16)20/h1-4,7-13H,14-15H2. The Balaban J connectivity index is 1.41. The lowest BCUT2D eigenvalue weighted by Gasteiger charge is -2.09. The number of hydrogen-bond acceptors (Lipinski definition) is 3. The summed E-state index contributed by atoms with van der Waals surface area (Å²) in [6.45, 7) is 0.252. The number of ether oxygens (including phenoxy) is 1. The predicted molar refractivity (Wildman–Crippen MR) is 99.0 cm³/mol. The van der Waals surface area contributed by atoms with Crippen LogP contribution in [0.2, 0.25) is 0 Å². The number of fused-ring (bicyclic) bond motifs is 2. The Morgan fingerprint density at radius 1 is 0.769 bits per heavy atom. The molecule has 0 atom stereocenters. The van der Waals surface area contributed by atoms with Crippen LogP contribution in [-0.4, -0.2) is 29.9 Å². The fraction of sp³-hybridized carbons (Fsp3) is 0.0909. The summed E-state index contributed by atoms with van der Waals surface area (Å²) in [5.74, 6) is 5.89.